The van der Waals surface area contributed by atoms with Gasteiger partial charge in [-0.15, -0.1) is 37.2 Å². The molecule has 0 aromatic heterocycles. The van der Waals surface area contributed by atoms with E-state index in [1.54, 1.807) is 0 Å². The van der Waals surface area contributed by atoms with Crippen LogP contribution in [-0.4, -0.2) is 0 Å². The molecule has 1 aliphatic carbocycles. The molecule has 39 heavy (non-hydrogen) atoms. The molecule has 4 heteroatoms. The topological polar surface area (TPSA) is 0 Å². The number of halogens is 3. The first-order valence-electron chi connectivity index (χ1n) is 12.8. The largest absolute Gasteiger partial charge is 0.147 e. The van der Waals surface area contributed by atoms with E-state index in [2.05, 4.69) is 170 Å². The van der Waals surface area contributed by atoms with E-state index in [0.717, 1.165) is 6.42 Å². The van der Waals surface area contributed by atoms with Crippen LogP contribution in [0.25, 0.3) is 0 Å². The Balaban J connectivity index is 0.00000140. The fraction of sp³-hybridized carbons (Fsp3) is 0.0286. The average Bonchev–Trinajstić information content (AvgIpc) is 3.54. The van der Waals surface area contributed by atoms with E-state index in [0.29, 0.717) is 0 Å². The van der Waals surface area contributed by atoms with E-state index in [-0.39, 0.29) is 37.2 Å². The second-order valence-corrected chi connectivity index (χ2v) is 21.4. The van der Waals surface area contributed by atoms with E-state index < -0.39 is 14.0 Å². The van der Waals surface area contributed by atoms with Gasteiger partial charge in [0.25, 0.3) is 0 Å². The number of hydrogen-bond donors (Lipinski definition) is 0. The molecule has 0 nitrogen and oxygen atoms in total. The van der Waals surface area contributed by atoms with Gasteiger partial charge in [0.05, 0.1) is 0 Å². The third kappa shape index (κ3) is 3.56. The second-order valence-electron chi connectivity index (χ2n) is 10.0. The van der Waals surface area contributed by atoms with Crippen molar-refractivity contribution in [1.82, 2.24) is 0 Å². The van der Waals surface area contributed by atoms with E-state index in [4.69, 9.17) is 0 Å². The summed E-state index contributed by atoms with van der Waals surface area (Å²) in [6.07, 6.45) is 7.93. The van der Waals surface area contributed by atoms with Crippen molar-refractivity contribution in [2.45, 2.75) is 6.42 Å². The molecule has 0 radical (unpaired) electrons. The van der Waals surface area contributed by atoms with Crippen LogP contribution in [0.5, 0.6) is 0 Å². The third-order valence-electron chi connectivity index (χ3n) is 9.05. The molecule has 0 saturated carbocycles. The molecule has 5 aromatic rings. The molecule has 0 saturated heterocycles. The molecule has 0 heterocycles. The van der Waals surface area contributed by atoms with Crippen LogP contribution in [0.1, 0.15) is 6.42 Å². The summed E-state index contributed by atoms with van der Waals surface area (Å²) < 4.78 is 8.45. The van der Waals surface area contributed by atoms with Crippen LogP contribution in [0.4, 0.5) is 0 Å². The molecule has 0 N–H and O–H groups in total. The third-order valence-corrected chi connectivity index (χ3v) is 26.0. The summed E-state index contributed by atoms with van der Waals surface area (Å²) in [4.78, 5) is 0. The van der Waals surface area contributed by atoms with Gasteiger partial charge in [-0.05, 0) is 0 Å². The normalized spacial score (nSPS) is 13.9. The Morgan fingerprint density at radius 1 is 0.359 bits per heavy atom. The molecule has 0 amide bonds. The minimum absolute atomic E-state index is 0. The first-order valence-corrected chi connectivity index (χ1v) is 17.5. The Morgan fingerprint density at radius 2 is 0.615 bits per heavy atom. The fourth-order valence-electron chi connectivity index (χ4n) is 7.78. The van der Waals surface area contributed by atoms with Crippen molar-refractivity contribution < 1.29 is 14.0 Å². The molecule has 0 unspecified atom stereocenters. The Kier molecular flexibility index (Phi) is 9.23. The minimum atomic E-state index is -5.42. The van der Waals surface area contributed by atoms with Gasteiger partial charge in [-0.25, -0.2) is 0 Å². The van der Waals surface area contributed by atoms with E-state index in [1.807, 2.05) is 0 Å². The fourth-order valence-corrected chi connectivity index (χ4v) is 25.7. The van der Waals surface area contributed by atoms with Crippen molar-refractivity contribution >= 4 is 56.6 Å². The van der Waals surface area contributed by atoms with Crippen LogP contribution < -0.4 is 19.3 Å². The molecule has 0 fully saturated rings. The van der Waals surface area contributed by atoms with Crippen LogP contribution in [0.3, 0.4) is 0 Å². The van der Waals surface area contributed by atoms with Crippen molar-refractivity contribution in [2.24, 2.45) is 0 Å². The van der Waals surface area contributed by atoms with Gasteiger partial charge in [-0.1, -0.05) is 0 Å². The molecule has 5 aromatic carbocycles. The van der Waals surface area contributed by atoms with Crippen molar-refractivity contribution in [1.29, 1.82) is 0 Å². The summed E-state index contributed by atoms with van der Waals surface area (Å²) in [7, 11) is 0. The van der Waals surface area contributed by atoms with E-state index in [1.165, 1.54) is 23.2 Å². The summed E-state index contributed by atoms with van der Waals surface area (Å²) in [5.74, 6) is 0. The smallest absolute Gasteiger partial charge is 0.147 e. The Hall–Kier alpha value is -2.84. The predicted octanol–water partition coefficient (Wildman–Crippen LogP) is 6.95. The van der Waals surface area contributed by atoms with Gasteiger partial charge in [-0.3, -0.25) is 0 Å². The molecule has 198 valence electrons. The van der Waals surface area contributed by atoms with Gasteiger partial charge in [0.1, 0.15) is 0 Å². The summed E-state index contributed by atoms with van der Waals surface area (Å²) in [6, 6.07) is 56.9. The van der Waals surface area contributed by atoms with Crippen molar-refractivity contribution in [3.8, 4) is 0 Å². The van der Waals surface area contributed by atoms with Gasteiger partial charge in [-0.2, -0.15) is 0 Å². The molecule has 6 rings (SSSR count). The Morgan fingerprint density at radius 3 is 0.821 bits per heavy atom. The molecule has 0 atom stereocenters. The zero-order valence-electron chi connectivity index (χ0n) is 21.6. The van der Waals surface area contributed by atoms with Gasteiger partial charge < -0.3 is 0 Å². The number of rotatable bonds is 6. The van der Waals surface area contributed by atoms with E-state index in [9.17, 15) is 0 Å². The number of benzene rings is 5. The maximum absolute atomic E-state index is 5.42. The molecule has 0 aliphatic heterocycles. The number of hydrogen-bond acceptors (Lipinski definition) is 0. The van der Waals surface area contributed by atoms with Crippen LogP contribution in [0.2, 0.25) is 0 Å². The molecule has 0 bridgehead atoms. The Bertz CT molecular complexity index is 1310. The summed E-state index contributed by atoms with van der Waals surface area (Å²) in [5, 5.41) is 0. The van der Waals surface area contributed by atoms with Crippen LogP contribution in [0, 0.1) is 0 Å². The average molecular weight is 608 g/mol. The number of allylic oxidation sites excluding steroid dienone is 4. The first-order chi connectivity index (χ1) is 17.8. The van der Waals surface area contributed by atoms with Crippen LogP contribution in [-0.2, 0) is 14.0 Å². The maximum atomic E-state index is 2.43. The quantitative estimate of drug-likeness (QED) is 0.183. The minimum Gasteiger partial charge on any atom is -0.147 e. The summed E-state index contributed by atoms with van der Waals surface area (Å²) in [5.41, 5.74) is 0. The zero-order chi connectivity index (χ0) is 24.4. The SMILES string of the molecule is C1=CC[C]([Ti]([c]2ccccc2)([c]2ccccc2)([c]2ccccc2)([c]2ccccc2)[c]2ccccc2)=C1.Cl.Cl.Cl. The first kappa shape index (κ1) is 30.7. The van der Waals surface area contributed by atoms with Crippen molar-refractivity contribution in [2.75, 3.05) is 0 Å². The van der Waals surface area contributed by atoms with Crippen LogP contribution >= 0.6 is 37.2 Å². The van der Waals surface area contributed by atoms with Gasteiger partial charge in [0.2, 0.25) is 0 Å². The summed E-state index contributed by atoms with van der Waals surface area (Å²) >= 11 is -5.42. The van der Waals surface area contributed by atoms with Crippen molar-refractivity contribution in [3.05, 3.63) is 174 Å². The van der Waals surface area contributed by atoms with Gasteiger partial charge in [0, 0.05) is 0 Å². The molecular weight excluding hydrogens is 575 g/mol. The summed E-state index contributed by atoms with van der Waals surface area (Å²) in [6.45, 7) is 0. The predicted molar refractivity (Wildman–Crippen MR) is 174 cm³/mol. The Labute approximate surface area is 249 Å². The second kappa shape index (κ2) is 11.7. The molecular formula is C35H33Cl3Ti. The van der Waals surface area contributed by atoms with E-state index >= 15 is 0 Å². The van der Waals surface area contributed by atoms with Crippen molar-refractivity contribution in [3.63, 3.8) is 0 Å². The molecule has 1 aliphatic rings. The van der Waals surface area contributed by atoms with Gasteiger partial charge in [0.15, 0.2) is 0 Å². The zero-order valence-corrected chi connectivity index (χ0v) is 25.6. The van der Waals surface area contributed by atoms with Gasteiger partial charge >= 0.3 is 214 Å². The monoisotopic (exact) mass is 606 g/mol. The standard InChI is InChI=1S/5C6H5.C5H5.3ClH.Ti/c5*1-2-4-6-5-3-1;1-2-4-5-3-1;;;;/h5*1-5H;1-3H,4H2;3*1H;. The van der Waals surface area contributed by atoms with Crippen LogP contribution in [0.15, 0.2) is 174 Å². The molecule has 0 spiro atoms. The maximum Gasteiger partial charge on any atom is -0.147 e.